The summed E-state index contributed by atoms with van der Waals surface area (Å²) in [6.45, 7) is 3.67. The molecule has 2 aromatic carbocycles. The molecule has 1 amide bonds. The fraction of sp³-hybridized carbons (Fsp3) is 0.423. The Morgan fingerprint density at radius 3 is 2.76 bits per heavy atom. The molecule has 2 aliphatic rings. The number of ether oxygens (including phenoxy) is 1. The number of hydrogen-bond acceptors (Lipinski definition) is 6. The van der Waals surface area contributed by atoms with Crippen LogP contribution in [0.3, 0.4) is 0 Å². The van der Waals surface area contributed by atoms with Crippen LogP contribution in [-0.4, -0.2) is 52.8 Å². The number of rotatable bonds is 7. The molecule has 172 valence electrons. The van der Waals surface area contributed by atoms with Gasteiger partial charge in [0.25, 0.3) is 5.91 Å². The molecule has 1 aromatic heterocycles. The lowest BCUT2D eigenvalue weighted by Gasteiger charge is -2.30. The summed E-state index contributed by atoms with van der Waals surface area (Å²) >= 11 is 0. The second-order valence-corrected chi connectivity index (χ2v) is 8.92. The highest BCUT2D eigenvalue weighted by Crippen LogP contribution is 2.43. The van der Waals surface area contributed by atoms with E-state index in [0.29, 0.717) is 30.2 Å². The molecule has 1 saturated heterocycles. The van der Waals surface area contributed by atoms with E-state index in [1.165, 1.54) is 6.33 Å². The zero-order valence-electron chi connectivity index (χ0n) is 18.9. The summed E-state index contributed by atoms with van der Waals surface area (Å²) in [7, 11) is 0. The number of carbonyl (C=O) groups excluding carboxylic acids is 1. The standard InChI is InChI=1S/C26H30N4O3/c1-2-33-20-9-7-18(8-10-20)30(19-13-17-15-27-24(11-12-31)22(17)14-19)26(32)25-21-5-3-4-6-23(21)28-16-29-25/h3-10,16-17,19,22,24,27,31H,2,11-15H2,1H3/t17-,19+,22+,24+/m1/s1. The van der Waals surface area contributed by atoms with Crippen molar-refractivity contribution in [3.8, 4) is 5.75 Å². The smallest absolute Gasteiger partial charge is 0.277 e. The normalized spacial score (nSPS) is 24.1. The van der Waals surface area contributed by atoms with Crippen LogP contribution >= 0.6 is 0 Å². The average molecular weight is 447 g/mol. The second kappa shape index (κ2) is 9.45. The molecule has 4 atom stereocenters. The van der Waals surface area contributed by atoms with Crippen molar-refractivity contribution < 1.29 is 14.6 Å². The molecule has 1 aliphatic heterocycles. The van der Waals surface area contributed by atoms with Crippen molar-refractivity contribution in [2.75, 3.05) is 24.7 Å². The van der Waals surface area contributed by atoms with Gasteiger partial charge >= 0.3 is 0 Å². The van der Waals surface area contributed by atoms with E-state index in [9.17, 15) is 9.90 Å². The van der Waals surface area contributed by atoms with Crippen LogP contribution in [0.25, 0.3) is 10.9 Å². The first-order chi connectivity index (χ1) is 16.2. The largest absolute Gasteiger partial charge is 0.494 e. The van der Waals surface area contributed by atoms with E-state index in [-0.39, 0.29) is 18.6 Å². The molecule has 7 nitrogen and oxygen atoms in total. The molecule has 2 fully saturated rings. The Morgan fingerprint density at radius 2 is 1.97 bits per heavy atom. The highest BCUT2D eigenvalue weighted by molar-refractivity contribution is 6.12. The van der Waals surface area contributed by atoms with Crippen LogP contribution in [0, 0.1) is 11.8 Å². The molecule has 7 heteroatoms. The topological polar surface area (TPSA) is 87.6 Å². The van der Waals surface area contributed by atoms with Gasteiger partial charge < -0.3 is 20.1 Å². The van der Waals surface area contributed by atoms with Crippen LogP contribution < -0.4 is 15.0 Å². The average Bonchev–Trinajstić information content (AvgIpc) is 3.42. The van der Waals surface area contributed by atoms with Gasteiger partial charge in [0, 0.05) is 29.8 Å². The van der Waals surface area contributed by atoms with Crippen LogP contribution in [0.15, 0.2) is 54.9 Å². The van der Waals surface area contributed by atoms with Gasteiger partial charge in [-0.2, -0.15) is 0 Å². The first-order valence-corrected chi connectivity index (χ1v) is 11.8. The van der Waals surface area contributed by atoms with Gasteiger partial charge in [0.2, 0.25) is 0 Å². The first-order valence-electron chi connectivity index (χ1n) is 11.8. The summed E-state index contributed by atoms with van der Waals surface area (Å²) in [4.78, 5) is 24.7. The van der Waals surface area contributed by atoms with E-state index in [2.05, 4.69) is 15.3 Å². The number of anilines is 1. The molecule has 2 heterocycles. The van der Waals surface area contributed by atoms with Crippen molar-refractivity contribution >= 4 is 22.5 Å². The second-order valence-electron chi connectivity index (χ2n) is 8.92. The molecular weight excluding hydrogens is 416 g/mol. The molecule has 1 aliphatic carbocycles. The zero-order valence-corrected chi connectivity index (χ0v) is 18.9. The van der Waals surface area contributed by atoms with Crippen molar-refractivity contribution in [2.24, 2.45) is 11.8 Å². The lowest BCUT2D eigenvalue weighted by Crippen LogP contribution is -2.41. The third-order valence-corrected chi connectivity index (χ3v) is 7.08. The van der Waals surface area contributed by atoms with Crippen molar-refractivity contribution in [3.63, 3.8) is 0 Å². The van der Waals surface area contributed by atoms with Gasteiger partial charge in [-0.15, -0.1) is 0 Å². The quantitative estimate of drug-likeness (QED) is 0.578. The molecule has 1 saturated carbocycles. The Morgan fingerprint density at radius 1 is 1.15 bits per heavy atom. The number of para-hydroxylation sites is 1. The number of aliphatic hydroxyl groups excluding tert-OH is 1. The maximum absolute atomic E-state index is 14.0. The monoisotopic (exact) mass is 446 g/mol. The fourth-order valence-electron chi connectivity index (χ4n) is 5.63. The maximum atomic E-state index is 14.0. The van der Waals surface area contributed by atoms with E-state index < -0.39 is 0 Å². The highest BCUT2D eigenvalue weighted by Gasteiger charge is 2.46. The number of fused-ring (bicyclic) bond motifs is 2. The SMILES string of the molecule is CCOc1ccc(N(C(=O)c2ncnc3ccccc23)[C@H]2C[C@@H]3CN[C@@H](CCO)[C@H]3C2)cc1. The number of aromatic nitrogens is 2. The van der Waals surface area contributed by atoms with Crippen molar-refractivity contribution in [1.82, 2.24) is 15.3 Å². The van der Waals surface area contributed by atoms with Gasteiger partial charge in [-0.3, -0.25) is 4.79 Å². The fourth-order valence-corrected chi connectivity index (χ4v) is 5.63. The summed E-state index contributed by atoms with van der Waals surface area (Å²) in [6.07, 6.45) is 4.06. The van der Waals surface area contributed by atoms with Gasteiger partial charge in [0.15, 0.2) is 0 Å². The van der Waals surface area contributed by atoms with Crippen LogP contribution in [-0.2, 0) is 0 Å². The molecule has 33 heavy (non-hydrogen) atoms. The van der Waals surface area contributed by atoms with E-state index in [1.807, 2.05) is 60.4 Å². The first kappa shape index (κ1) is 21.8. The molecule has 0 spiro atoms. The Bertz CT molecular complexity index is 1110. The number of aliphatic hydroxyl groups is 1. The number of hydrogen-bond donors (Lipinski definition) is 2. The van der Waals surface area contributed by atoms with Crippen LogP contribution in [0.1, 0.15) is 36.7 Å². The Labute approximate surface area is 193 Å². The summed E-state index contributed by atoms with van der Waals surface area (Å²) in [5, 5.41) is 13.8. The lowest BCUT2D eigenvalue weighted by molar-refractivity contribution is 0.0972. The Balaban J connectivity index is 1.51. The zero-order chi connectivity index (χ0) is 22.8. The molecular formula is C26H30N4O3. The highest BCUT2D eigenvalue weighted by atomic mass is 16.5. The number of benzene rings is 2. The van der Waals surface area contributed by atoms with Crippen molar-refractivity contribution in [2.45, 2.75) is 38.3 Å². The molecule has 3 aromatic rings. The van der Waals surface area contributed by atoms with Gasteiger partial charge in [-0.25, -0.2) is 9.97 Å². The van der Waals surface area contributed by atoms with Crippen molar-refractivity contribution in [3.05, 3.63) is 60.6 Å². The Hall–Kier alpha value is -3.03. The van der Waals surface area contributed by atoms with E-state index in [4.69, 9.17) is 4.74 Å². The van der Waals surface area contributed by atoms with Crippen LogP contribution in [0.4, 0.5) is 5.69 Å². The van der Waals surface area contributed by atoms with E-state index >= 15 is 0 Å². The van der Waals surface area contributed by atoms with Gasteiger partial charge in [0.05, 0.1) is 12.1 Å². The minimum atomic E-state index is -0.102. The van der Waals surface area contributed by atoms with Gasteiger partial charge in [-0.1, -0.05) is 18.2 Å². The maximum Gasteiger partial charge on any atom is 0.277 e. The van der Waals surface area contributed by atoms with E-state index in [0.717, 1.165) is 48.1 Å². The minimum Gasteiger partial charge on any atom is -0.494 e. The predicted molar refractivity (Wildman–Crippen MR) is 127 cm³/mol. The Kier molecular flexibility index (Phi) is 6.24. The molecule has 0 bridgehead atoms. The molecule has 5 rings (SSSR count). The third-order valence-electron chi connectivity index (χ3n) is 7.08. The van der Waals surface area contributed by atoms with Crippen LogP contribution in [0.2, 0.25) is 0 Å². The minimum absolute atomic E-state index is 0.0717. The summed E-state index contributed by atoms with van der Waals surface area (Å²) < 4.78 is 5.61. The number of carbonyl (C=O) groups is 1. The molecule has 2 N–H and O–H groups in total. The number of amides is 1. The van der Waals surface area contributed by atoms with Gasteiger partial charge in [0.1, 0.15) is 17.8 Å². The summed E-state index contributed by atoms with van der Waals surface area (Å²) in [5.41, 5.74) is 2.04. The molecule has 0 radical (unpaired) electrons. The molecule has 0 unspecified atom stereocenters. The third kappa shape index (κ3) is 4.18. The summed E-state index contributed by atoms with van der Waals surface area (Å²) in [5.74, 6) is 1.65. The number of nitrogens with zero attached hydrogens (tertiary/aromatic N) is 3. The summed E-state index contributed by atoms with van der Waals surface area (Å²) in [6, 6.07) is 15.8. The lowest BCUT2D eigenvalue weighted by atomic mass is 9.92. The number of nitrogens with one attached hydrogen (secondary N) is 1. The van der Waals surface area contributed by atoms with Crippen LogP contribution in [0.5, 0.6) is 5.75 Å². The van der Waals surface area contributed by atoms with Gasteiger partial charge in [-0.05, 0) is 74.9 Å². The van der Waals surface area contributed by atoms with Crippen molar-refractivity contribution in [1.29, 1.82) is 0 Å². The van der Waals surface area contributed by atoms with E-state index in [1.54, 1.807) is 0 Å². The predicted octanol–water partition coefficient (Wildman–Crippen LogP) is 3.42.